The maximum absolute atomic E-state index is 12.6. The van der Waals surface area contributed by atoms with Crippen molar-refractivity contribution in [1.82, 2.24) is 15.6 Å². The van der Waals surface area contributed by atoms with Crippen molar-refractivity contribution in [2.45, 2.75) is 33.4 Å². The number of ether oxygens (including phenoxy) is 1. The number of rotatable bonds is 8. The van der Waals surface area contributed by atoms with Crippen molar-refractivity contribution in [2.24, 2.45) is 4.99 Å². The first-order valence-electron chi connectivity index (χ1n) is 8.14. The molecule has 9 heteroatoms. The van der Waals surface area contributed by atoms with Crippen LogP contribution >= 0.6 is 27.3 Å². The van der Waals surface area contributed by atoms with Gasteiger partial charge in [0.2, 0.25) is 0 Å². The molecule has 0 amide bonds. The van der Waals surface area contributed by atoms with Gasteiger partial charge in [0, 0.05) is 40.6 Å². The zero-order valence-corrected chi connectivity index (χ0v) is 17.0. The highest BCUT2D eigenvalue weighted by molar-refractivity contribution is 9.10. The first-order chi connectivity index (χ1) is 12.5. The summed E-state index contributed by atoms with van der Waals surface area (Å²) in [5.74, 6) is 0.741. The van der Waals surface area contributed by atoms with Crippen molar-refractivity contribution < 1.29 is 13.5 Å². The number of thiazole rings is 1. The summed E-state index contributed by atoms with van der Waals surface area (Å²) in [4.78, 5) is 9.97. The van der Waals surface area contributed by atoms with Crippen LogP contribution in [-0.4, -0.2) is 30.6 Å². The number of halogens is 3. The summed E-state index contributed by atoms with van der Waals surface area (Å²) >= 11 is 5.01. The molecule has 0 spiro atoms. The van der Waals surface area contributed by atoms with E-state index in [1.54, 1.807) is 23.5 Å². The normalized spacial score (nSPS) is 11.7. The van der Waals surface area contributed by atoms with Crippen LogP contribution in [0.15, 0.2) is 33.9 Å². The van der Waals surface area contributed by atoms with E-state index in [1.165, 1.54) is 10.9 Å². The Balaban J connectivity index is 2.00. The third-order valence-electron chi connectivity index (χ3n) is 3.29. The maximum atomic E-state index is 12.6. The number of nitrogens with one attached hydrogen (secondary N) is 2. The average Bonchev–Trinajstić information content (AvgIpc) is 2.99. The van der Waals surface area contributed by atoms with Gasteiger partial charge in [0.15, 0.2) is 5.96 Å². The van der Waals surface area contributed by atoms with Crippen LogP contribution in [0.2, 0.25) is 0 Å². The van der Waals surface area contributed by atoms with Crippen molar-refractivity contribution in [3.8, 4) is 5.75 Å². The van der Waals surface area contributed by atoms with E-state index in [9.17, 15) is 8.78 Å². The van der Waals surface area contributed by atoms with Gasteiger partial charge in [0.1, 0.15) is 5.75 Å². The highest BCUT2D eigenvalue weighted by atomic mass is 79.9. The van der Waals surface area contributed by atoms with Gasteiger partial charge in [-0.3, -0.25) is 0 Å². The summed E-state index contributed by atoms with van der Waals surface area (Å²) in [6.45, 7) is 2.71. The number of aromatic nitrogens is 1. The smallest absolute Gasteiger partial charge is 0.387 e. The molecule has 0 saturated heterocycles. The predicted molar refractivity (Wildman–Crippen MR) is 104 cm³/mol. The lowest BCUT2D eigenvalue weighted by molar-refractivity contribution is -0.0504. The number of alkyl halides is 2. The van der Waals surface area contributed by atoms with Crippen LogP contribution in [0.1, 0.15) is 22.4 Å². The summed E-state index contributed by atoms with van der Waals surface area (Å²) in [6, 6.07) is 4.89. The molecule has 0 radical (unpaired) electrons. The molecule has 0 aliphatic rings. The number of hydrogen-bond acceptors (Lipinski definition) is 4. The quantitative estimate of drug-likeness (QED) is 0.473. The van der Waals surface area contributed by atoms with E-state index in [0.29, 0.717) is 24.6 Å². The molecule has 0 atom stereocenters. The van der Waals surface area contributed by atoms with Gasteiger partial charge in [0.25, 0.3) is 0 Å². The van der Waals surface area contributed by atoms with Gasteiger partial charge >= 0.3 is 6.61 Å². The highest BCUT2D eigenvalue weighted by Crippen LogP contribution is 2.25. The Morgan fingerprint density at radius 3 is 2.85 bits per heavy atom. The molecule has 2 aromatic rings. The monoisotopic (exact) mass is 446 g/mol. The standard InChI is InChI=1S/C17H21BrF2N4OS/c1-3-21-17(22-7-6-15-23-9-11(2)26-15)24-10-12-8-13(18)4-5-14(12)25-16(19)20/h4-5,8-9,16H,3,6-7,10H2,1-2H3,(H2,21,22,24). The van der Waals surface area contributed by atoms with Crippen molar-refractivity contribution >= 4 is 33.2 Å². The fraction of sp³-hybridized carbons (Fsp3) is 0.412. The van der Waals surface area contributed by atoms with Gasteiger partial charge in [-0.15, -0.1) is 11.3 Å². The molecule has 26 heavy (non-hydrogen) atoms. The number of nitrogens with zero attached hydrogens (tertiary/aromatic N) is 2. The van der Waals surface area contributed by atoms with Crippen LogP contribution in [0.4, 0.5) is 8.78 Å². The zero-order valence-electron chi connectivity index (χ0n) is 14.6. The Morgan fingerprint density at radius 2 is 2.19 bits per heavy atom. The largest absolute Gasteiger partial charge is 0.434 e. The second-order valence-corrected chi connectivity index (χ2v) is 7.60. The molecule has 0 aliphatic heterocycles. The number of hydrogen-bond donors (Lipinski definition) is 2. The Kier molecular flexibility index (Phi) is 8.24. The van der Waals surface area contributed by atoms with Crippen molar-refractivity contribution in [2.75, 3.05) is 13.1 Å². The fourth-order valence-corrected chi connectivity index (χ4v) is 3.39. The average molecular weight is 447 g/mol. The second kappa shape index (κ2) is 10.4. The van der Waals surface area contributed by atoms with E-state index in [0.717, 1.165) is 15.9 Å². The Labute approximate surface area is 164 Å². The molecule has 2 rings (SSSR count). The summed E-state index contributed by atoms with van der Waals surface area (Å²) in [7, 11) is 0. The molecule has 1 aromatic heterocycles. The SMILES string of the molecule is CCNC(=NCc1cc(Br)ccc1OC(F)F)NCCc1ncc(C)s1. The molecule has 0 fully saturated rings. The minimum atomic E-state index is -2.87. The van der Waals surface area contributed by atoms with E-state index < -0.39 is 6.61 Å². The van der Waals surface area contributed by atoms with Crippen molar-refractivity contribution in [1.29, 1.82) is 0 Å². The Hall–Kier alpha value is -1.74. The van der Waals surface area contributed by atoms with Gasteiger partial charge < -0.3 is 15.4 Å². The molecule has 5 nitrogen and oxygen atoms in total. The fourth-order valence-electron chi connectivity index (χ4n) is 2.19. The van der Waals surface area contributed by atoms with E-state index in [1.807, 2.05) is 20.0 Å². The number of aliphatic imine (C=N–C) groups is 1. The van der Waals surface area contributed by atoms with Crippen LogP contribution < -0.4 is 15.4 Å². The van der Waals surface area contributed by atoms with Crippen molar-refractivity contribution in [3.05, 3.63) is 44.3 Å². The third-order valence-corrected chi connectivity index (χ3v) is 4.76. The third kappa shape index (κ3) is 6.87. The van der Waals surface area contributed by atoms with Crippen molar-refractivity contribution in [3.63, 3.8) is 0 Å². The number of benzene rings is 1. The van der Waals surface area contributed by atoms with E-state index >= 15 is 0 Å². The number of guanidine groups is 1. The van der Waals surface area contributed by atoms with E-state index in [4.69, 9.17) is 0 Å². The molecular weight excluding hydrogens is 426 g/mol. The first kappa shape index (κ1) is 20.6. The van der Waals surface area contributed by atoms with Gasteiger partial charge in [-0.05, 0) is 32.0 Å². The van der Waals surface area contributed by atoms with Gasteiger partial charge in [-0.2, -0.15) is 8.78 Å². The van der Waals surface area contributed by atoms with Gasteiger partial charge in [0.05, 0.1) is 11.6 Å². The summed E-state index contributed by atoms with van der Waals surface area (Å²) < 4.78 is 30.4. The van der Waals surface area contributed by atoms with Crippen LogP contribution in [-0.2, 0) is 13.0 Å². The van der Waals surface area contributed by atoms with Crippen LogP contribution in [0.5, 0.6) is 5.75 Å². The van der Waals surface area contributed by atoms with Crippen LogP contribution in [0.3, 0.4) is 0 Å². The van der Waals surface area contributed by atoms with E-state index in [-0.39, 0.29) is 12.3 Å². The Morgan fingerprint density at radius 1 is 1.38 bits per heavy atom. The molecular formula is C17H21BrF2N4OS. The summed E-state index contributed by atoms with van der Waals surface area (Å²) in [5.41, 5.74) is 0.576. The lowest BCUT2D eigenvalue weighted by Gasteiger charge is -2.13. The highest BCUT2D eigenvalue weighted by Gasteiger charge is 2.10. The zero-order chi connectivity index (χ0) is 18.9. The lowest BCUT2D eigenvalue weighted by Crippen LogP contribution is -2.38. The molecule has 1 heterocycles. The van der Waals surface area contributed by atoms with Gasteiger partial charge in [-0.25, -0.2) is 9.98 Å². The second-order valence-electron chi connectivity index (χ2n) is 5.37. The maximum Gasteiger partial charge on any atom is 0.387 e. The summed E-state index contributed by atoms with van der Waals surface area (Å²) in [5, 5.41) is 7.43. The minimum Gasteiger partial charge on any atom is -0.434 e. The molecule has 2 N–H and O–H groups in total. The topological polar surface area (TPSA) is 58.5 Å². The van der Waals surface area contributed by atoms with Gasteiger partial charge in [-0.1, -0.05) is 15.9 Å². The predicted octanol–water partition coefficient (Wildman–Crippen LogP) is 4.11. The molecule has 1 aromatic carbocycles. The van der Waals surface area contributed by atoms with Crippen LogP contribution in [0, 0.1) is 6.92 Å². The molecule has 0 bridgehead atoms. The molecule has 0 aliphatic carbocycles. The summed E-state index contributed by atoms with van der Waals surface area (Å²) in [6.07, 6.45) is 2.65. The lowest BCUT2D eigenvalue weighted by atomic mass is 10.2. The molecule has 142 valence electrons. The first-order valence-corrected chi connectivity index (χ1v) is 9.75. The molecule has 0 unspecified atom stereocenters. The van der Waals surface area contributed by atoms with E-state index in [2.05, 4.69) is 41.3 Å². The minimum absolute atomic E-state index is 0.126. The number of aryl methyl sites for hydroxylation is 1. The molecule has 0 saturated carbocycles. The Bertz CT molecular complexity index is 739. The van der Waals surface area contributed by atoms with Crippen LogP contribution in [0.25, 0.3) is 0 Å².